The second-order valence-corrected chi connectivity index (χ2v) is 5.54. The van der Waals surface area contributed by atoms with E-state index in [1.165, 1.54) is 0 Å². The lowest BCUT2D eigenvalue weighted by Gasteiger charge is -2.32. The van der Waals surface area contributed by atoms with E-state index in [2.05, 4.69) is 22.2 Å². The Hall–Kier alpha value is -1.81. The minimum atomic E-state index is -0.342. The number of hydrogen-bond acceptors (Lipinski definition) is 4. The molecule has 118 valence electrons. The molecule has 0 bridgehead atoms. The van der Waals surface area contributed by atoms with E-state index in [9.17, 15) is 4.79 Å². The molecule has 3 N–H and O–H groups in total. The SMILES string of the molecule is C=CCO[C@H]1CNCC[C@H]1NC(=O)c1[nH]c(C)c(Cl)c1C#N. The van der Waals surface area contributed by atoms with E-state index in [1.54, 1.807) is 13.0 Å². The monoisotopic (exact) mass is 322 g/mol. The van der Waals surface area contributed by atoms with Gasteiger partial charge in [0.2, 0.25) is 0 Å². The van der Waals surface area contributed by atoms with Gasteiger partial charge in [-0.1, -0.05) is 17.7 Å². The van der Waals surface area contributed by atoms with E-state index < -0.39 is 0 Å². The summed E-state index contributed by atoms with van der Waals surface area (Å²) in [6, 6.07) is 1.84. The van der Waals surface area contributed by atoms with Gasteiger partial charge < -0.3 is 20.4 Å². The number of aryl methyl sites for hydroxylation is 1. The molecule has 7 heteroatoms. The van der Waals surface area contributed by atoms with Crippen molar-refractivity contribution in [2.45, 2.75) is 25.5 Å². The molecule has 2 rings (SSSR count). The highest BCUT2D eigenvalue weighted by Crippen LogP contribution is 2.23. The van der Waals surface area contributed by atoms with Crippen LogP contribution in [0.15, 0.2) is 12.7 Å². The summed E-state index contributed by atoms with van der Waals surface area (Å²) in [6.07, 6.45) is 2.30. The fraction of sp³-hybridized carbons (Fsp3) is 0.467. The molecule has 1 fully saturated rings. The molecule has 1 aliphatic heterocycles. The fourth-order valence-corrected chi connectivity index (χ4v) is 2.66. The second-order valence-electron chi connectivity index (χ2n) is 5.16. The zero-order valence-corrected chi connectivity index (χ0v) is 13.2. The molecule has 0 saturated carbocycles. The number of aromatic amines is 1. The van der Waals surface area contributed by atoms with Gasteiger partial charge in [0, 0.05) is 12.2 Å². The number of rotatable bonds is 5. The Kier molecular flexibility index (Phi) is 5.61. The van der Waals surface area contributed by atoms with Gasteiger partial charge in [-0.2, -0.15) is 5.26 Å². The lowest BCUT2D eigenvalue weighted by atomic mass is 10.0. The van der Waals surface area contributed by atoms with Crippen LogP contribution in [0.2, 0.25) is 5.02 Å². The molecular formula is C15H19ClN4O2. The van der Waals surface area contributed by atoms with Crippen LogP contribution in [-0.4, -0.2) is 42.7 Å². The highest BCUT2D eigenvalue weighted by molar-refractivity contribution is 6.33. The van der Waals surface area contributed by atoms with Crippen molar-refractivity contribution >= 4 is 17.5 Å². The lowest BCUT2D eigenvalue weighted by molar-refractivity contribution is 0.0289. The number of aromatic nitrogens is 1. The van der Waals surface area contributed by atoms with Gasteiger partial charge >= 0.3 is 0 Å². The molecule has 0 radical (unpaired) electrons. The summed E-state index contributed by atoms with van der Waals surface area (Å²) in [5, 5.41) is 15.6. The number of nitrogens with one attached hydrogen (secondary N) is 3. The van der Waals surface area contributed by atoms with Crippen molar-refractivity contribution in [3.8, 4) is 6.07 Å². The molecule has 1 amide bonds. The van der Waals surface area contributed by atoms with Crippen molar-refractivity contribution in [1.82, 2.24) is 15.6 Å². The van der Waals surface area contributed by atoms with Gasteiger partial charge in [-0.25, -0.2) is 0 Å². The summed E-state index contributed by atoms with van der Waals surface area (Å²) in [5.41, 5.74) is 0.980. The maximum atomic E-state index is 12.4. The van der Waals surface area contributed by atoms with Crippen molar-refractivity contribution in [3.05, 3.63) is 34.6 Å². The molecule has 1 saturated heterocycles. The van der Waals surface area contributed by atoms with Crippen molar-refractivity contribution in [2.24, 2.45) is 0 Å². The van der Waals surface area contributed by atoms with E-state index in [1.807, 2.05) is 6.07 Å². The van der Waals surface area contributed by atoms with Crippen LogP contribution in [0.1, 0.15) is 28.2 Å². The third-order valence-corrected chi connectivity index (χ3v) is 4.09. The number of carbonyl (C=O) groups is 1. The number of carbonyl (C=O) groups excluding carboxylic acids is 1. The fourth-order valence-electron chi connectivity index (χ4n) is 2.48. The summed E-state index contributed by atoms with van der Waals surface area (Å²) in [6.45, 7) is 7.24. The number of nitrogens with zero attached hydrogens (tertiary/aromatic N) is 1. The van der Waals surface area contributed by atoms with E-state index in [4.69, 9.17) is 21.6 Å². The molecule has 6 nitrogen and oxygen atoms in total. The van der Waals surface area contributed by atoms with Crippen LogP contribution >= 0.6 is 11.6 Å². The number of amides is 1. The number of halogens is 1. The molecule has 1 aliphatic rings. The summed E-state index contributed by atoms with van der Waals surface area (Å²) in [7, 11) is 0. The first kappa shape index (κ1) is 16.6. The lowest BCUT2D eigenvalue weighted by Crippen LogP contribution is -2.54. The first-order valence-corrected chi connectivity index (χ1v) is 7.48. The third-order valence-electron chi connectivity index (χ3n) is 3.62. The molecule has 0 spiro atoms. The van der Waals surface area contributed by atoms with Gasteiger partial charge in [0.1, 0.15) is 17.3 Å². The standard InChI is InChI=1S/C15H19ClN4O2/c1-3-6-22-12-8-18-5-4-11(12)20-15(21)14-10(7-17)13(16)9(2)19-14/h3,11-12,18-19H,1,4-6,8H2,2H3,(H,20,21)/t11-,12+/m1/s1. The first-order chi connectivity index (χ1) is 10.6. The van der Waals surface area contributed by atoms with Crippen molar-refractivity contribution in [2.75, 3.05) is 19.7 Å². The molecule has 0 aliphatic carbocycles. The molecule has 2 heterocycles. The van der Waals surface area contributed by atoms with Crippen molar-refractivity contribution in [3.63, 3.8) is 0 Å². The van der Waals surface area contributed by atoms with Crippen LogP contribution in [0, 0.1) is 18.3 Å². The molecule has 0 aromatic carbocycles. The zero-order chi connectivity index (χ0) is 16.1. The number of hydrogen-bond donors (Lipinski definition) is 3. The van der Waals surface area contributed by atoms with Gasteiger partial charge in [-0.15, -0.1) is 6.58 Å². The van der Waals surface area contributed by atoms with E-state index in [0.717, 1.165) is 13.0 Å². The maximum absolute atomic E-state index is 12.4. The van der Waals surface area contributed by atoms with Crippen LogP contribution < -0.4 is 10.6 Å². The summed E-state index contributed by atoms with van der Waals surface area (Å²) < 4.78 is 5.67. The van der Waals surface area contributed by atoms with Gasteiger partial charge in [0.25, 0.3) is 5.91 Å². The van der Waals surface area contributed by atoms with E-state index >= 15 is 0 Å². The average molecular weight is 323 g/mol. The smallest absolute Gasteiger partial charge is 0.269 e. The van der Waals surface area contributed by atoms with E-state index in [-0.39, 0.29) is 34.3 Å². The Labute approximate surface area is 134 Å². The maximum Gasteiger partial charge on any atom is 0.269 e. The summed E-state index contributed by atoms with van der Waals surface area (Å²) in [5.74, 6) is -0.342. The van der Waals surface area contributed by atoms with E-state index in [0.29, 0.717) is 18.8 Å². The Morgan fingerprint density at radius 2 is 2.45 bits per heavy atom. The van der Waals surface area contributed by atoms with Crippen molar-refractivity contribution < 1.29 is 9.53 Å². The minimum Gasteiger partial charge on any atom is -0.371 e. The Balaban J connectivity index is 2.11. The topological polar surface area (TPSA) is 89.9 Å². The van der Waals surface area contributed by atoms with Crippen molar-refractivity contribution in [1.29, 1.82) is 5.26 Å². The summed E-state index contributed by atoms with van der Waals surface area (Å²) in [4.78, 5) is 15.3. The molecule has 1 aromatic rings. The Morgan fingerprint density at radius 1 is 1.68 bits per heavy atom. The largest absolute Gasteiger partial charge is 0.371 e. The number of piperidine rings is 1. The predicted octanol–water partition coefficient (Wildman–Crippen LogP) is 1.51. The third kappa shape index (κ3) is 3.50. The second kappa shape index (κ2) is 7.45. The van der Waals surface area contributed by atoms with Gasteiger partial charge in [0.05, 0.1) is 23.8 Å². The minimum absolute atomic E-state index is 0.123. The van der Waals surface area contributed by atoms with Crippen LogP contribution in [0.25, 0.3) is 0 Å². The molecule has 0 unspecified atom stereocenters. The number of H-pyrrole nitrogens is 1. The molecule has 22 heavy (non-hydrogen) atoms. The number of nitriles is 1. The number of ether oxygens (including phenoxy) is 1. The van der Waals surface area contributed by atoms with Gasteiger partial charge in [-0.05, 0) is 19.9 Å². The molecule has 2 atom stereocenters. The quantitative estimate of drug-likeness (QED) is 0.717. The zero-order valence-electron chi connectivity index (χ0n) is 12.4. The first-order valence-electron chi connectivity index (χ1n) is 7.10. The normalized spacial score (nSPS) is 21.1. The van der Waals surface area contributed by atoms with Crippen LogP contribution in [0.5, 0.6) is 0 Å². The Bertz CT molecular complexity index is 605. The molecule has 1 aromatic heterocycles. The van der Waals surface area contributed by atoms with Gasteiger partial charge in [0.15, 0.2) is 0 Å². The van der Waals surface area contributed by atoms with Crippen LogP contribution in [0.3, 0.4) is 0 Å². The predicted molar refractivity (Wildman–Crippen MR) is 83.9 cm³/mol. The van der Waals surface area contributed by atoms with Gasteiger partial charge in [-0.3, -0.25) is 4.79 Å². The average Bonchev–Trinajstić information content (AvgIpc) is 2.81. The van der Waals surface area contributed by atoms with Crippen LogP contribution in [-0.2, 0) is 4.74 Å². The summed E-state index contributed by atoms with van der Waals surface area (Å²) >= 11 is 6.02. The molecular weight excluding hydrogens is 304 g/mol. The highest BCUT2D eigenvalue weighted by Gasteiger charge is 2.29. The van der Waals surface area contributed by atoms with Crippen LogP contribution in [0.4, 0.5) is 0 Å². The Morgan fingerprint density at radius 3 is 3.14 bits per heavy atom. The highest BCUT2D eigenvalue weighted by atomic mass is 35.5.